The van der Waals surface area contributed by atoms with Gasteiger partial charge in [0.1, 0.15) is 18.0 Å². The zero-order valence-electron chi connectivity index (χ0n) is 16.5. The standard InChI is InChI=1S/C22H30O5/c1-12-9-20(2)13(8-16(12)24)4-5-14-15-6-7-22(27,18(26)11-23)21(15,3)10-17(25)19(14)20/h8,12,14-15,19,23,27H,4-7,9-11H2,1-3H3/t12-,14+,15+,19-,20+,21+,22-/m1/s1. The largest absolute Gasteiger partial charge is 0.388 e. The molecule has 4 aliphatic rings. The minimum absolute atomic E-state index is 0.0740. The van der Waals surface area contributed by atoms with E-state index in [1.165, 1.54) is 0 Å². The van der Waals surface area contributed by atoms with E-state index in [2.05, 4.69) is 6.92 Å². The van der Waals surface area contributed by atoms with E-state index >= 15 is 0 Å². The van der Waals surface area contributed by atoms with E-state index in [1.54, 1.807) is 6.08 Å². The average Bonchev–Trinajstić information content (AvgIpc) is 2.87. The number of hydrogen-bond acceptors (Lipinski definition) is 5. The summed E-state index contributed by atoms with van der Waals surface area (Å²) in [4.78, 5) is 38.0. The summed E-state index contributed by atoms with van der Waals surface area (Å²) in [6.45, 7) is 5.26. The van der Waals surface area contributed by atoms with Gasteiger partial charge in [-0.05, 0) is 55.4 Å². The lowest BCUT2D eigenvalue weighted by molar-refractivity contribution is -0.170. The molecule has 2 N–H and O–H groups in total. The molecule has 0 amide bonds. The van der Waals surface area contributed by atoms with E-state index in [-0.39, 0.29) is 47.1 Å². The number of allylic oxidation sites excluding steroid dienone is 1. The molecule has 148 valence electrons. The number of ketones is 3. The van der Waals surface area contributed by atoms with Gasteiger partial charge < -0.3 is 10.2 Å². The highest BCUT2D eigenvalue weighted by molar-refractivity contribution is 5.95. The molecule has 0 radical (unpaired) electrons. The summed E-state index contributed by atoms with van der Waals surface area (Å²) in [7, 11) is 0. The molecule has 3 saturated carbocycles. The predicted octanol–water partition coefficient (Wildman–Crippen LogP) is 2.24. The quantitative estimate of drug-likeness (QED) is 0.773. The second-order valence-corrected chi connectivity index (χ2v) is 9.92. The Hall–Kier alpha value is -1.33. The Balaban J connectivity index is 1.75. The number of Topliss-reactive ketones (excluding diaryl/α,β-unsaturated/α-hetero) is 2. The van der Waals surface area contributed by atoms with Gasteiger partial charge in [0.2, 0.25) is 0 Å². The van der Waals surface area contributed by atoms with Gasteiger partial charge in [-0.25, -0.2) is 0 Å². The van der Waals surface area contributed by atoms with Crippen molar-refractivity contribution in [1.82, 2.24) is 0 Å². The molecule has 3 fully saturated rings. The molecule has 0 unspecified atom stereocenters. The first-order valence-corrected chi connectivity index (χ1v) is 10.2. The van der Waals surface area contributed by atoms with Crippen LogP contribution in [0, 0.1) is 34.5 Å². The Morgan fingerprint density at radius 1 is 1.26 bits per heavy atom. The van der Waals surface area contributed by atoms with Crippen LogP contribution in [0.4, 0.5) is 0 Å². The summed E-state index contributed by atoms with van der Waals surface area (Å²) >= 11 is 0. The molecule has 7 atom stereocenters. The van der Waals surface area contributed by atoms with Crippen molar-refractivity contribution in [3.8, 4) is 0 Å². The van der Waals surface area contributed by atoms with Crippen molar-refractivity contribution in [3.63, 3.8) is 0 Å². The maximum absolute atomic E-state index is 13.4. The fraction of sp³-hybridized carbons (Fsp3) is 0.773. The zero-order valence-corrected chi connectivity index (χ0v) is 16.5. The Bertz CT molecular complexity index is 754. The molecule has 0 aromatic rings. The van der Waals surface area contributed by atoms with Gasteiger partial charge in [0, 0.05) is 23.7 Å². The minimum atomic E-state index is -1.61. The van der Waals surface area contributed by atoms with Crippen molar-refractivity contribution in [3.05, 3.63) is 11.6 Å². The molecule has 0 heterocycles. The van der Waals surface area contributed by atoms with Crippen molar-refractivity contribution in [2.75, 3.05) is 6.61 Å². The van der Waals surface area contributed by atoms with Crippen LogP contribution in [0.25, 0.3) is 0 Å². The molecular weight excluding hydrogens is 344 g/mol. The van der Waals surface area contributed by atoms with Crippen LogP contribution in [0.5, 0.6) is 0 Å². The second-order valence-electron chi connectivity index (χ2n) is 9.92. The van der Waals surface area contributed by atoms with Gasteiger partial charge in [0.05, 0.1) is 0 Å². The third kappa shape index (κ3) is 2.27. The Kier molecular flexibility index (Phi) is 4.11. The molecule has 5 nitrogen and oxygen atoms in total. The normalized spacial score (nSPS) is 49.1. The Labute approximate surface area is 160 Å². The van der Waals surface area contributed by atoms with E-state index < -0.39 is 23.4 Å². The van der Waals surface area contributed by atoms with E-state index in [4.69, 9.17) is 0 Å². The van der Waals surface area contributed by atoms with E-state index in [0.29, 0.717) is 19.3 Å². The van der Waals surface area contributed by atoms with Gasteiger partial charge in [-0.2, -0.15) is 0 Å². The van der Waals surface area contributed by atoms with Gasteiger partial charge in [-0.15, -0.1) is 0 Å². The predicted molar refractivity (Wildman–Crippen MR) is 98.7 cm³/mol. The minimum Gasteiger partial charge on any atom is -0.388 e. The van der Waals surface area contributed by atoms with Gasteiger partial charge in [0.25, 0.3) is 0 Å². The highest BCUT2D eigenvalue weighted by Gasteiger charge is 2.68. The van der Waals surface area contributed by atoms with Gasteiger partial charge in [0.15, 0.2) is 11.6 Å². The highest BCUT2D eigenvalue weighted by atomic mass is 16.3. The molecule has 4 rings (SSSR count). The van der Waals surface area contributed by atoms with Crippen molar-refractivity contribution in [2.45, 2.75) is 64.9 Å². The molecule has 0 aliphatic heterocycles. The van der Waals surface area contributed by atoms with Crippen LogP contribution in [0.2, 0.25) is 0 Å². The van der Waals surface area contributed by atoms with Crippen LogP contribution < -0.4 is 0 Å². The molecule has 4 aliphatic carbocycles. The van der Waals surface area contributed by atoms with Crippen molar-refractivity contribution in [1.29, 1.82) is 0 Å². The molecule has 27 heavy (non-hydrogen) atoms. The van der Waals surface area contributed by atoms with Gasteiger partial charge in [-0.3, -0.25) is 14.4 Å². The first-order valence-electron chi connectivity index (χ1n) is 10.2. The SMILES string of the molecule is C[C@@H]1C[C@@]2(C)C(=CC1=O)CC[C@@H]1[C@@H]2C(=O)C[C@@]2(C)[C@H]1CC[C@@]2(O)C(=O)CO. The first-order chi connectivity index (χ1) is 12.6. The first kappa shape index (κ1) is 19.0. The number of aliphatic hydroxyl groups excluding tert-OH is 1. The summed E-state index contributed by atoms with van der Waals surface area (Å²) < 4.78 is 0. The summed E-state index contributed by atoms with van der Waals surface area (Å²) in [5.74, 6) is -0.283. The maximum atomic E-state index is 13.4. The molecular formula is C22H30O5. The average molecular weight is 374 g/mol. The summed E-state index contributed by atoms with van der Waals surface area (Å²) in [5.41, 5.74) is -1.60. The molecule has 5 heteroatoms. The van der Waals surface area contributed by atoms with Crippen molar-refractivity contribution in [2.24, 2.45) is 34.5 Å². The summed E-state index contributed by atoms with van der Waals surface area (Å²) in [6.07, 6.45) is 5.31. The van der Waals surface area contributed by atoms with Crippen LogP contribution in [-0.4, -0.2) is 39.8 Å². The number of fused-ring (bicyclic) bond motifs is 5. The van der Waals surface area contributed by atoms with E-state index in [9.17, 15) is 24.6 Å². The number of carbonyl (C=O) groups excluding carboxylic acids is 3. The highest BCUT2D eigenvalue weighted by Crippen LogP contribution is 2.66. The van der Waals surface area contributed by atoms with Crippen molar-refractivity contribution >= 4 is 17.3 Å². The molecule has 0 aromatic heterocycles. The number of rotatable bonds is 2. The zero-order chi connectivity index (χ0) is 19.8. The fourth-order valence-corrected chi connectivity index (χ4v) is 7.32. The van der Waals surface area contributed by atoms with Gasteiger partial charge in [-0.1, -0.05) is 26.3 Å². The topological polar surface area (TPSA) is 91.7 Å². The number of hydrogen-bond donors (Lipinski definition) is 2. The molecule has 0 saturated heterocycles. The smallest absolute Gasteiger partial charge is 0.190 e. The van der Waals surface area contributed by atoms with Crippen LogP contribution in [0.1, 0.15) is 59.3 Å². The second kappa shape index (κ2) is 5.84. The Morgan fingerprint density at radius 3 is 2.63 bits per heavy atom. The lowest BCUT2D eigenvalue weighted by Crippen LogP contribution is -2.61. The third-order valence-corrected chi connectivity index (χ3v) is 8.72. The Morgan fingerprint density at radius 2 is 1.96 bits per heavy atom. The van der Waals surface area contributed by atoms with E-state index in [1.807, 2.05) is 13.8 Å². The number of carbonyl (C=O) groups is 3. The molecule has 0 spiro atoms. The maximum Gasteiger partial charge on any atom is 0.190 e. The summed E-state index contributed by atoms with van der Waals surface area (Å²) in [6, 6.07) is 0. The van der Waals surface area contributed by atoms with Crippen LogP contribution in [0.3, 0.4) is 0 Å². The molecule has 0 bridgehead atoms. The monoisotopic (exact) mass is 374 g/mol. The van der Waals surface area contributed by atoms with E-state index in [0.717, 1.165) is 18.4 Å². The van der Waals surface area contributed by atoms with Crippen molar-refractivity contribution < 1.29 is 24.6 Å². The van der Waals surface area contributed by atoms with Gasteiger partial charge >= 0.3 is 0 Å². The van der Waals surface area contributed by atoms with Crippen LogP contribution in [0.15, 0.2) is 11.6 Å². The lowest BCUT2D eigenvalue weighted by Gasteiger charge is -2.58. The molecule has 0 aromatic carbocycles. The summed E-state index contributed by atoms with van der Waals surface area (Å²) in [5, 5.41) is 20.6. The number of aliphatic hydroxyl groups is 2. The van der Waals surface area contributed by atoms with Crippen LogP contribution >= 0.6 is 0 Å². The third-order valence-electron chi connectivity index (χ3n) is 8.72. The fourth-order valence-electron chi connectivity index (χ4n) is 7.32. The van der Waals surface area contributed by atoms with Crippen LogP contribution in [-0.2, 0) is 14.4 Å². The lowest BCUT2D eigenvalue weighted by atomic mass is 9.45.